The summed E-state index contributed by atoms with van der Waals surface area (Å²) in [7, 11) is 0. The lowest BCUT2D eigenvalue weighted by molar-refractivity contribution is 0.475. The Morgan fingerprint density at radius 3 is 2.73 bits per heavy atom. The minimum Gasteiger partial charge on any atom is -0.506 e. The fraction of sp³-hybridized carbons (Fsp3) is 0. The van der Waals surface area contributed by atoms with Crippen molar-refractivity contribution in [1.29, 1.82) is 0 Å². The lowest BCUT2D eigenvalue weighted by Crippen LogP contribution is -1.93. The molecule has 0 saturated heterocycles. The van der Waals surface area contributed by atoms with Crippen molar-refractivity contribution in [3.63, 3.8) is 0 Å². The number of fused-ring (bicyclic) bond motifs is 1. The molecule has 22 heavy (non-hydrogen) atoms. The van der Waals surface area contributed by atoms with Crippen LogP contribution in [0.1, 0.15) is 5.56 Å². The molecule has 6 heteroatoms. The van der Waals surface area contributed by atoms with E-state index in [1.807, 2.05) is 0 Å². The lowest BCUT2D eigenvalue weighted by Gasteiger charge is -2.02. The molecular formula is C16H9Cl2NO3. The van der Waals surface area contributed by atoms with Crippen molar-refractivity contribution >= 4 is 46.1 Å². The van der Waals surface area contributed by atoms with Crippen LogP contribution in [0, 0.1) is 0 Å². The third-order valence-electron chi connectivity index (χ3n) is 3.01. The Hall–Kier alpha value is -2.30. The minimum absolute atomic E-state index is 0.0818. The molecule has 0 aliphatic carbocycles. The molecule has 0 atom stereocenters. The molecule has 3 rings (SSSR count). The first kappa shape index (κ1) is 14.6. The first-order valence-electron chi connectivity index (χ1n) is 6.29. The van der Waals surface area contributed by atoms with E-state index in [-0.39, 0.29) is 10.8 Å². The number of nitrogens with zero attached hydrogens (tertiary/aromatic N) is 1. The monoisotopic (exact) mass is 333 g/mol. The van der Waals surface area contributed by atoms with E-state index >= 15 is 0 Å². The van der Waals surface area contributed by atoms with Crippen molar-refractivity contribution in [3.8, 4) is 5.75 Å². The smallest absolute Gasteiger partial charge is 0.336 e. The number of hydrogen-bond donors (Lipinski definition) is 1. The van der Waals surface area contributed by atoms with Gasteiger partial charge in [0.1, 0.15) is 11.3 Å². The lowest BCUT2D eigenvalue weighted by atomic mass is 10.2. The van der Waals surface area contributed by atoms with Gasteiger partial charge in [0.25, 0.3) is 0 Å². The molecule has 0 bridgehead atoms. The summed E-state index contributed by atoms with van der Waals surface area (Å²) >= 11 is 11.8. The highest BCUT2D eigenvalue weighted by atomic mass is 35.5. The molecule has 1 heterocycles. The number of hydrogen-bond acceptors (Lipinski definition) is 4. The van der Waals surface area contributed by atoms with Gasteiger partial charge in [-0.2, -0.15) is 0 Å². The molecule has 0 fully saturated rings. The van der Waals surface area contributed by atoms with E-state index in [0.717, 1.165) is 5.39 Å². The van der Waals surface area contributed by atoms with Gasteiger partial charge in [-0.3, -0.25) is 4.99 Å². The summed E-state index contributed by atoms with van der Waals surface area (Å²) in [6.45, 7) is 0. The van der Waals surface area contributed by atoms with Crippen LogP contribution >= 0.6 is 23.2 Å². The second-order valence-electron chi connectivity index (χ2n) is 4.56. The number of phenols is 1. The highest BCUT2D eigenvalue weighted by Crippen LogP contribution is 2.30. The molecule has 1 N–H and O–H groups in total. The summed E-state index contributed by atoms with van der Waals surface area (Å²) in [4.78, 5) is 15.4. The zero-order valence-electron chi connectivity index (χ0n) is 11.1. The fourth-order valence-corrected chi connectivity index (χ4v) is 2.48. The van der Waals surface area contributed by atoms with Gasteiger partial charge < -0.3 is 9.52 Å². The van der Waals surface area contributed by atoms with Crippen molar-refractivity contribution in [2.75, 3.05) is 0 Å². The van der Waals surface area contributed by atoms with Crippen LogP contribution in [-0.2, 0) is 0 Å². The average molecular weight is 334 g/mol. The Bertz CT molecular complexity index is 948. The van der Waals surface area contributed by atoms with Crippen LogP contribution in [0.4, 0.5) is 5.69 Å². The van der Waals surface area contributed by atoms with E-state index in [1.54, 1.807) is 30.3 Å². The van der Waals surface area contributed by atoms with Gasteiger partial charge in [-0.15, -0.1) is 0 Å². The standard InChI is InChI=1S/C16H9Cl2NO3/c17-11-5-10(16(21)13(18)7-11)8-19-12-2-3-14-9(6-12)1-4-15(20)22-14/h1-8,21H. The second kappa shape index (κ2) is 5.83. The normalized spacial score (nSPS) is 11.4. The number of phenolic OH excluding ortho intramolecular Hbond substituents is 1. The number of halogens is 2. The second-order valence-corrected chi connectivity index (χ2v) is 5.40. The SMILES string of the molecule is O=c1ccc2cc(N=Cc3cc(Cl)cc(Cl)c3O)ccc2o1. The maximum absolute atomic E-state index is 11.1. The Labute approximate surface area is 135 Å². The van der Waals surface area contributed by atoms with Crippen LogP contribution in [0.3, 0.4) is 0 Å². The largest absolute Gasteiger partial charge is 0.506 e. The predicted octanol–water partition coefficient (Wildman–Crippen LogP) is 4.56. The third-order valence-corrected chi connectivity index (χ3v) is 3.52. The third kappa shape index (κ3) is 2.98. The molecule has 1 aromatic heterocycles. The quantitative estimate of drug-likeness (QED) is 0.552. The highest BCUT2D eigenvalue weighted by molar-refractivity contribution is 6.36. The van der Waals surface area contributed by atoms with Gasteiger partial charge in [0.15, 0.2) is 0 Å². The topological polar surface area (TPSA) is 62.8 Å². The number of aliphatic imine (C=N–C) groups is 1. The van der Waals surface area contributed by atoms with Crippen LogP contribution < -0.4 is 5.63 Å². The van der Waals surface area contributed by atoms with E-state index in [1.165, 1.54) is 18.3 Å². The van der Waals surface area contributed by atoms with Crippen molar-refractivity contribution in [1.82, 2.24) is 0 Å². The maximum atomic E-state index is 11.1. The average Bonchev–Trinajstić information content (AvgIpc) is 2.49. The van der Waals surface area contributed by atoms with Crippen molar-refractivity contribution in [3.05, 3.63) is 68.5 Å². The molecule has 0 aliphatic rings. The fourth-order valence-electron chi connectivity index (χ4n) is 1.97. The Morgan fingerprint density at radius 1 is 1.09 bits per heavy atom. The van der Waals surface area contributed by atoms with Gasteiger partial charge >= 0.3 is 5.63 Å². The molecule has 110 valence electrons. The van der Waals surface area contributed by atoms with Crippen LogP contribution in [0.25, 0.3) is 11.0 Å². The van der Waals surface area contributed by atoms with E-state index in [2.05, 4.69) is 4.99 Å². The van der Waals surface area contributed by atoms with Crippen molar-refractivity contribution in [2.24, 2.45) is 4.99 Å². The summed E-state index contributed by atoms with van der Waals surface area (Å²) in [6, 6.07) is 11.1. The summed E-state index contributed by atoms with van der Waals surface area (Å²) in [6.07, 6.45) is 1.47. The Balaban J connectivity index is 1.99. The molecule has 0 saturated carbocycles. The predicted molar refractivity (Wildman–Crippen MR) is 87.9 cm³/mol. The van der Waals surface area contributed by atoms with Gasteiger partial charge in [0, 0.05) is 28.3 Å². The van der Waals surface area contributed by atoms with Gasteiger partial charge in [-0.05, 0) is 36.4 Å². The molecule has 0 spiro atoms. The molecule has 3 aromatic rings. The molecular weight excluding hydrogens is 325 g/mol. The van der Waals surface area contributed by atoms with Gasteiger partial charge in [0.2, 0.25) is 0 Å². The molecule has 4 nitrogen and oxygen atoms in total. The van der Waals surface area contributed by atoms with Gasteiger partial charge in [0.05, 0.1) is 10.7 Å². The Kier molecular flexibility index (Phi) is 3.88. The summed E-state index contributed by atoms with van der Waals surface area (Å²) < 4.78 is 5.05. The van der Waals surface area contributed by atoms with E-state index in [0.29, 0.717) is 21.9 Å². The van der Waals surface area contributed by atoms with Crippen LogP contribution in [0.5, 0.6) is 5.75 Å². The zero-order chi connectivity index (χ0) is 15.7. The summed E-state index contributed by atoms with van der Waals surface area (Å²) in [5, 5.41) is 11.2. The first-order valence-corrected chi connectivity index (χ1v) is 7.04. The molecule has 0 radical (unpaired) electrons. The van der Waals surface area contributed by atoms with Gasteiger partial charge in [-0.25, -0.2) is 4.79 Å². The minimum atomic E-state index is -0.401. The summed E-state index contributed by atoms with van der Waals surface area (Å²) in [5.74, 6) is -0.0818. The van der Waals surface area contributed by atoms with E-state index < -0.39 is 5.63 Å². The van der Waals surface area contributed by atoms with E-state index in [9.17, 15) is 9.90 Å². The van der Waals surface area contributed by atoms with Crippen LogP contribution in [0.15, 0.2) is 56.7 Å². The molecule has 0 aliphatic heterocycles. The number of aromatic hydroxyl groups is 1. The Morgan fingerprint density at radius 2 is 1.91 bits per heavy atom. The number of rotatable bonds is 2. The maximum Gasteiger partial charge on any atom is 0.336 e. The molecule has 0 amide bonds. The first-order chi connectivity index (χ1) is 10.5. The number of benzene rings is 2. The van der Waals surface area contributed by atoms with Crippen LogP contribution in [0.2, 0.25) is 10.0 Å². The summed E-state index contributed by atoms with van der Waals surface area (Å²) in [5.41, 5.74) is 1.14. The van der Waals surface area contributed by atoms with Crippen LogP contribution in [-0.4, -0.2) is 11.3 Å². The van der Waals surface area contributed by atoms with E-state index in [4.69, 9.17) is 27.6 Å². The van der Waals surface area contributed by atoms with Crippen molar-refractivity contribution in [2.45, 2.75) is 0 Å². The zero-order valence-corrected chi connectivity index (χ0v) is 12.6. The highest BCUT2D eigenvalue weighted by Gasteiger charge is 2.06. The van der Waals surface area contributed by atoms with Crippen molar-refractivity contribution < 1.29 is 9.52 Å². The molecule has 2 aromatic carbocycles. The van der Waals surface area contributed by atoms with Gasteiger partial charge in [-0.1, -0.05) is 23.2 Å². The molecule has 0 unspecified atom stereocenters.